The van der Waals surface area contributed by atoms with Gasteiger partial charge in [-0.15, -0.1) is 0 Å². The van der Waals surface area contributed by atoms with E-state index in [1.807, 2.05) is 31.3 Å². The van der Waals surface area contributed by atoms with Crippen LogP contribution in [0, 0.1) is 0 Å². The lowest BCUT2D eigenvalue weighted by molar-refractivity contribution is -0.143. The molecule has 0 spiro atoms. The van der Waals surface area contributed by atoms with Crippen LogP contribution >= 0.6 is 0 Å². The van der Waals surface area contributed by atoms with E-state index in [-0.39, 0.29) is 5.97 Å². The minimum absolute atomic E-state index is 0.0775. The summed E-state index contributed by atoms with van der Waals surface area (Å²) in [5.41, 5.74) is 1.79. The number of hydrogen-bond acceptors (Lipinski definition) is 4. The first-order valence-corrected chi connectivity index (χ1v) is 8.09. The lowest BCUT2D eigenvalue weighted by atomic mass is 10.1. The van der Waals surface area contributed by atoms with E-state index < -0.39 is 0 Å². The number of ether oxygens (including phenoxy) is 1. The predicted molar refractivity (Wildman–Crippen MR) is 89.4 cm³/mol. The second-order valence-corrected chi connectivity index (χ2v) is 5.52. The topological polar surface area (TPSA) is 46.6 Å². The first-order chi connectivity index (χ1) is 10.7. The molecule has 0 saturated heterocycles. The molecule has 0 heterocycles. The molecular weight excluding hydrogens is 278 g/mol. The van der Waals surface area contributed by atoms with E-state index in [0.717, 1.165) is 50.6 Å². The summed E-state index contributed by atoms with van der Waals surface area (Å²) >= 11 is 0. The van der Waals surface area contributed by atoms with Gasteiger partial charge in [-0.25, -0.2) is 0 Å². The Morgan fingerprint density at radius 2 is 1.86 bits per heavy atom. The van der Waals surface area contributed by atoms with Crippen LogP contribution in [0.1, 0.15) is 55.8 Å². The predicted octanol–water partition coefficient (Wildman–Crippen LogP) is 3.84. The van der Waals surface area contributed by atoms with Crippen LogP contribution in [-0.4, -0.2) is 32.5 Å². The fraction of sp³-hybridized carbons (Fsp3) is 0.556. The van der Waals surface area contributed by atoms with Gasteiger partial charge in [-0.2, -0.15) is 0 Å². The highest BCUT2D eigenvalue weighted by Crippen LogP contribution is 2.14. The number of rotatable bonds is 11. The average Bonchev–Trinajstić information content (AvgIpc) is 2.54. The molecule has 0 aromatic heterocycles. The van der Waals surface area contributed by atoms with Crippen molar-refractivity contribution in [3.05, 3.63) is 29.8 Å². The monoisotopic (exact) mass is 305 g/mol. The zero-order valence-corrected chi connectivity index (χ0v) is 13.7. The van der Waals surface area contributed by atoms with Crippen LogP contribution in [0.4, 0.5) is 5.69 Å². The Balaban J connectivity index is 2.13. The Bertz CT molecular complexity index is 442. The highest BCUT2D eigenvalue weighted by molar-refractivity contribution is 5.75. The molecular formula is C18H27NO3. The first-order valence-electron chi connectivity index (χ1n) is 8.09. The number of esters is 1. The summed E-state index contributed by atoms with van der Waals surface area (Å²) in [6, 6.07) is 7.56. The minimum Gasteiger partial charge on any atom is -0.466 e. The van der Waals surface area contributed by atoms with Crippen molar-refractivity contribution in [1.29, 1.82) is 0 Å². The van der Waals surface area contributed by atoms with Gasteiger partial charge in [0.2, 0.25) is 0 Å². The number of anilines is 1. The van der Waals surface area contributed by atoms with Gasteiger partial charge >= 0.3 is 5.97 Å². The van der Waals surface area contributed by atoms with Crippen LogP contribution in [0.3, 0.4) is 0 Å². The van der Waals surface area contributed by atoms with Crippen LogP contribution < -0.4 is 4.90 Å². The lowest BCUT2D eigenvalue weighted by Gasteiger charge is -2.19. The number of hydrogen-bond donors (Lipinski definition) is 0. The van der Waals surface area contributed by atoms with E-state index in [2.05, 4.69) is 11.8 Å². The maximum absolute atomic E-state index is 11.4. The Morgan fingerprint density at radius 1 is 1.14 bits per heavy atom. The van der Waals surface area contributed by atoms with Crippen molar-refractivity contribution in [3.63, 3.8) is 0 Å². The fourth-order valence-electron chi connectivity index (χ4n) is 2.13. The third-order valence-corrected chi connectivity index (χ3v) is 3.61. The van der Waals surface area contributed by atoms with Crippen molar-refractivity contribution in [2.24, 2.45) is 0 Å². The van der Waals surface area contributed by atoms with Gasteiger partial charge < -0.3 is 9.64 Å². The summed E-state index contributed by atoms with van der Waals surface area (Å²) < 4.78 is 5.12. The molecule has 4 heteroatoms. The van der Waals surface area contributed by atoms with Crippen LogP contribution in [-0.2, 0) is 9.53 Å². The van der Waals surface area contributed by atoms with Gasteiger partial charge in [-0.05, 0) is 43.5 Å². The van der Waals surface area contributed by atoms with Crippen LogP contribution in [0.2, 0.25) is 0 Å². The number of aldehydes is 1. The summed E-state index contributed by atoms with van der Waals surface area (Å²) in [5, 5.41) is 0. The third-order valence-electron chi connectivity index (χ3n) is 3.61. The zero-order valence-electron chi connectivity index (χ0n) is 13.7. The van der Waals surface area contributed by atoms with E-state index >= 15 is 0 Å². The molecule has 0 radical (unpaired) electrons. The van der Waals surface area contributed by atoms with Crippen LogP contribution in [0.25, 0.3) is 0 Å². The summed E-state index contributed by atoms with van der Waals surface area (Å²) in [4.78, 5) is 24.2. The molecule has 1 aromatic rings. The molecule has 0 aliphatic rings. The van der Waals surface area contributed by atoms with E-state index in [9.17, 15) is 9.59 Å². The number of unbranched alkanes of at least 4 members (excludes halogenated alkanes) is 3. The molecule has 1 aromatic carbocycles. The quantitative estimate of drug-likeness (QED) is 0.354. The Kier molecular flexibility index (Phi) is 8.96. The standard InChI is InChI=1S/C18H27NO3/c1-3-4-14-22-18(21)8-6-5-7-13-19(2)17-11-9-16(15-20)10-12-17/h9-12,15H,3-8,13-14H2,1-2H3. The van der Waals surface area contributed by atoms with Crippen molar-refractivity contribution in [2.75, 3.05) is 25.1 Å². The maximum atomic E-state index is 11.4. The SMILES string of the molecule is CCCCOC(=O)CCCCCN(C)c1ccc(C=O)cc1. The number of carbonyl (C=O) groups is 2. The molecule has 0 bridgehead atoms. The van der Waals surface area contributed by atoms with Crippen molar-refractivity contribution in [3.8, 4) is 0 Å². The second-order valence-electron chi connectivity index (χ2n) is 5.52. The van der Waals surface area contributed by atoms with E-state index in [1.54, 1.807) is 0 Å². The molecule has 0 atom stereocenters. The number of carbonyl (C=O) groups excluding carboxylic acids is 2. The zero-order chi connectivity index (χ0) is 16.2. The van der Waals surface area contributed by atoms with Gasteiger partial charge in [-0.1, -0.05) is 19.8 Å². The Labute approximate surface area is 133 Å². The van der Waals surface area contributed by atoms with E-state index in [1.165, 1.54) is 0 Å². The Hall–Kier alpha value is -1.84. The van der Waals surface area contributed by atoms with Crippen molar-refractivity contribution < 1.29 is 14.3 Å². The first kappa shape index (κ1) is 18.2. The highest BCUT2D eigenvalue weighted by Gasteiger charge is 2.04. The molecule has 0 aliphatic carbocycles. The summed E-state index contributed by atoms with van der Waals surface area (Å²) in [6.07, 6.45) is 6.29. The van der Waals surface area contributed by atoms with Gasteiger partial charge in [0.1, 0.15) is 6.29 Å². The lowest BCUT2D eigenvalue weighted by Crippen LogP contribution is -2.18. The van der Waals surface area contributed by atoms with Gasteiger partial charge in [0.15, 0.2) is 0 Å². The molecule has 0 amide bonds. The smallest absolute Gasteiger partial charge is 0.305 e. The van der Waals surface area contributed by atoms with Gasteiger partial charge in [0.05, 0.1) is 6.61 Å². The van der Waals surface area contributed by atoms with Crippen molar-refractivity contribution >= 4 is 17.9 Å². The van der Waals surface area contributed by atoms with Crippen molar-refractivity contribution in [2.45, 2.75) is 45.4 Å². The third kappa shape index (κ3) is 7.25. The summed E-state index contributed by atoms with van der Waals surface area (Å²) in [5.74, 6) is -0.0775. The van der Waals surface area contributed by atoms with Gasteiger partial charge in [0.25, 0.3) is 0 Å². The van der Waals surface area contributed by atoms with Gasteiger partial charge in [-0.3, -0.25) is 9.59 Å². The molecule has 0 saturated carbocycles. The minimum atomic E-state index is -0.0775. The molecule has 22 heavy (non-hydrogen) atoms. The summed E-state index contributed by atoms with van der Waals surface area (Å²) in [6.45, 7) is 3.57. The molecule has 0 aliphatic heterocycles. The number of nitrogens with zero attached hydrogens (tertiary/aromatic N) is 1. The van der Waals surface area contributed by atoms with Crippen LogP contribution in [0.15, 0.2) is 24.3 Å². The molecule has 0 N–H and O–H groups in total. The molecule has 0 fully saturated rings. The van der Waals surface area contributed by atoms with Crippen LogP contribution in [0.5, 0.6) is 0 Å². The molecule has 122 valence electrons. The largest absolute Gasteiger partial charge is 0.466 e. The van der Waals surface area contributed by atoms with Gasteiger partial charge in [0, 0.05) is 31.3 Å². The number of benzene rings is 1. The highest BCUT2D eigenvalue weighted by atomic mass is 16.5. The van der Waals surface area contributed by atoms with Crippen molar-refractivity contribution in [1.82, 2.24) is 0 Å². The molecule has 1 rings (SSSR count). The summed E-state index contributed by atoms with van der Waals surface area (Å²) in [7, 11) is 2.04. The molecule has 4 nitrogen and oxygen atoms in total. The maximum Gasteiger partial charge on any atom is 0.305 e. The van der Waals surface area contributed by atoms with E-state index in [0.29, 0.717) is 18.6 Å². The normalized spacial score (nSPS) is 10.3. The Morgan fingerprint density at radius 3 is 2.50 bits per heavy atom. The average molecular weight is 305 g/mol. The second kappa shape index (κ2) is 10.8. The molecule has 0 unspecified atom stereocenters. The fourth-order valence-corrected chi connectivity index (χ4v) is 2.13. The van der Waals surface area contributed by atoms with E-state index in [4.69, 9.17) is 4.74 Å².